The molecule has 25 heavy (non-hydrogen) atoms. The van der Waals surface area contributed by atoms with Gasteiger partial charge in [-0.15, -0.1) is 24.0 Å². The molecule has 0 radical (unpaired) electrons. The predicted octanol–water partition coefficient (Wildman–Crippen LogP) is 2.48. The van der Waals surface area contributed by atoms with Crippen molar-refractivity contribution in [3.63, 3.8) is 0 Å². The molecular formula is C18H39IN4O2. The number of aliphatic imine (C=N–C) groups is 1. The fourth-order valence-electron chi connectivity index (χ4n) is 2.64. The van der Waals surface area contributed by atoms with E-state index in [0.717, 1.165) is 45.2 Å². The van der Waals surface area contributed by atoms with E-state index in [1.54, 1.807) is 0 Å². The summed E-state index contributed by atoms with van der Waals surface area (Å²) < 4.78 is 11.0. The number of nitrogens with one attached hydrogen (secondary N) is 2. The number of halogens is 1. The lowest BCUT2D eigenvalue weighted by molar-refractivity contribution is 0.0487. The van der Waals surface area contributed by atoms with Gasteiger partial charge < -0.3 is 25.0 Å². The Balaban J connectivity index is 0.00000576. The van der Waals surface area contributed by atoms with Crippen LogP contribution in [0.4, 0.5) is 0 Å². The number of likely N-dealkylation sites (tertiary alicyclic amines) is 1. The van der Waals surface area contributed by atoms with E-state index in [-0.39, 0.29) is 24.0 Å². The van der Waals surface area contributed by atoms with Crippen molar-refractivity contribution in [3.05, 3.63) is 0 Å². The van der Waals surface area contributed by atoms with Crippen molar-refractivity contribution in [2.75, 3.05) is 65.7 Å². The van der Waals surface area contributed by atoms with Gasteiger partial charge in [0.25, 0.3) is 0 Å². The number of unbranched alkanes of at least 4 members (excludes halogenated alkanes) is 1. The second kappa shape index (κ2) is 18.7. The lowest BCUT2D eigenvalue weighted by atomic mass is 10.1. The summed E-state index contributed by atoms with van der Waals surface area (Å²) in [6, 6.07) is 0. The van der Waals surface area contributed by atoms with Gasteiger partial charge in [-0.05, 0) is 39.3 Å². The molecule has 1 rings (SSSR count). The van der Waals surface area contributed by atoms with Gasteiger partial charge in [0.15, 0.2) is 5.96 Å². The molecule has 0 aromatic carbocycles. The predicted molar refractivity (Wildman–Crippen MR) is 116 cm³/mol. The Labute approximate surface area is 171 Å². The zero-order valence-electron chi connectivity index (χ0n) is 16.2. The third kappa shape index (κ3) is 14.7. The first-order valence-electron chi connectivity index (χ1n) is 9.76. The van der Waals surface area contributed by atoms with E-state index < -0.39 is 0 Å². The molecule has 7 heteroatoms. The van der Waals surface area contributed by atoms with Crippen LogP contribution in [0.3, 0.4) is 0 Å². The van der Waals surface area contributed by atoms with E-state index in [1.165, 1.54) is 38.8 Å². The summed E-state index contributed by atoms with van der Waals surface area (Å²) in [5.74, 6) is 0.886. The molecule has 1 heterocycles. The van der Waals surface area contributed by atoms with Crippen LogP contribution in [-0.4, -0.2) is 76.6 Å². The Hall–Kier alpha value is -0.120. The Morgan fingerprint density at radius 3 is 2.36 bits per heavy atom. The van der Waals surface area contributed by atoms with Crippen molar-refractivity contribution in [1.29, 1.82) is 0 Å². The van der Waals surface area contributed by atoms with Gasteiger partial charge in [-0.2, -0.15) is 0 Å². The van der Waals surface area contributed by atoms with Crippen molar-refractivity contribution >= 4 is 29.9 Å². The number of hydrogen-bond donors (Lipinski definition) is 2. The molecule has 0 saturated carbocycles. The van der Waals surface area contributed by atoms with Crippen molar-refractivity contribution in [1.82, 2.24) is 15.5 Å². The highest BCUT2D eigenvalue weighted by atomic mass is 127. The summed E-state index contributed by atoms with van der Waals surface area (Å²) in [5, 5.41) is 6.61. The molecule has 1 saturated heterocycles. The van der Waals surface area contributed by atoms with Crippen molar-refractivity contribution in [2.45, 2.75) is 46.0 Å². The highest BCUT2D eigenvalue weighted by Gasteiger charge is 2.08. The molecule has 150 valence electrons. The monoisotopic (exact) mass is 470 g/mol. The van der Waals surface area contributed by atoms with E-state index in [1.807, 2.05) is 0 Å². The van der Waals surface area contributed by atoms with Crippen LogP contribution < -0.4 is 10.6 Å². The van der Waals surface area contributed by atoms with E-state index >= 15 is 0 Å². The van der Waals surface area contributed by atoms with Crippen LogP contribution in [0.25, 0.3) is 0 Å². The van der Waals surface area contributed by atoms with Crippen LogP contribution in [-0.2, 0) is 9.47 Å². The first-order valence-corrected chi connectivity index (χ1v) is 9.76. The molecule has 0 spiro atoms. The molecule has 6 nitrogen and oxygen atoms in total. The van der Waals surface area contributed by atoms with Gasteiger partial charge in [-0.3, -0.25) is 4.99 Å². The highest BCUT2D eigenvalue weighted by Crippen LogP contribution is 2.07. The minimum Gasteiger partial charge on any atom is -0.379 e. The van der Waals surface area contributed by atoms with Crippen LogP contribution >= 0.6 is 24.0 Å². The number of guanidine groups is 1. The lowest BCUT2D eigenvalue weighted by Gasteiger charge is -2.25. The normalized spacial score (nSPS) is 15.7. The molecule has 0 unspecified atom stereocenters. The first-order chi connectivity index (χ1) is 11.9. The molecule has 0 aliphatic carbocycles. The largest absolute Gasteiger partial charge is 0.379 e. The maximum Gasteiger partial charge on any atom is 0.191 e. The summed E-state index contributed by atoms with van der Waals surface area (Å²) in [5.41, 5.74) is 0. The fraction of sp³-hybridized carbons (Fsp3) is 0.944. The molecule has 0 aromatic heterocycles. The maximum atomic E-state index is 5.56. The third-order valence-electron chi connectivity index (χ3n) is 4.03. The lowest BCUT2D eigenvalue weighted by Crippen LogP contribution is -2.40. The van der Waals surface area contributed by atoms with E-state index in [2.05, 4.69) is 34.4 Å². The first kappa shape index (κ1) is 24.9. The molecule has 1 aliphatic heterocycles. The highest BCUT2D eigenvalue weighted by molar-refractivity contribution is 14.0. The zero-order valence-corrected chi connectivity index (χ0v) is 18.6. The van der Waals surface area contributed by atoms with Gasteiger partial charge in [0.2, 0.25) is 0 Å². The van der Waals surface area contributed by atoms with E-state index in [4.69, 9.17) is 9.47 Å². The average Bonchev–Trinajstić information content (AvgIpc) is 2.61. The summed E-state index contributed by atoms with van der Waals surface area (Å²) in [4.78, 5) is 7.16. The van der Waals surface area contributed by atoms with Crippen LogP contribution in [0.1, 0.15) is 46.0 Å². The molecule has 1 aliphatic rings. The molecule has 0 bridgehead atoms. The number of hydrogen-bond acceptors (Lipinski definition) is 4. The van der Waals surface area contributed by atoms with Crippen molar-refractivity contribution < 1.29 is 9.47 Å². The van der Waals surface area contributed by atoms with Gasteiger partial charge in [0.1, 0.15) is 0 Å². The fourth-order valence-corrected chi connectivity index (χ4v) is 2.64. The summed E-state index contributed by atoms with van der Waals surface area (Å²) >= 11 is 0. The average molecular weight is 470 g/mol. The maximum absolute atomic E-state index is 5.56. The third-order valence-corrected chi connectivity index (χ3v) is 4.03. The SMILES string of the molecule is CCCCOCCOCCNC(=NCCN1CCCCC1)NCC.I. The second-order valence-electron chi connectivity index (χ2n) is 6.17. The van der Waals surface area contributed by atoms with Gasteiger partial charge in [0, 0.05) is 26.2 Å². The Kier molecular flexibility index (Phi) is 18.6. The summed E-state index contributed by atoms with van der Waals surface area (Å²) in [6.45, 7) is 13.1. The number of nitrogens with zero attached hydrogens (tertiary/aromatic N) is 2. The van der Waals surface area contributed by atoms with Gasteiger partial charge >= 0.3 is 0 Å². The Morgan fingerprint density at radius 1 is 0.960 bits per heavy atom. The molecule has 2 N–H and O–H groups in total. The van der Waals surface area contributed by atoms with Gasteiger partial charge in [-0.1, -0.05) is 19.8 Å². The minimum atomic E-state index is 0. The Bertz CT molecular complexity index is 313. The topological polar surface area (TPSA) is 58.1 Å². The van der Waals surface area contributed by atoms with Crippen molar-refractivity contribution in [3.8, 4) is 0 Å². The summed E-state index contributed by atoms with van der Waals surface area (Å²) in [6.07, 6.45) is 6.35. The molecular weight excluding hydrogens is 431 g/mol. The number of ether oxygens (including phenoxy) is 2. The molecule has 1 fully saturated rings. The minimum absolute atomic E-state index is 0. The van der Waals surface area contributed by atoms with Crippen LogP contribution in [0, 0.1) is 0 Å². The van der Waals surface area contributed by atoms with Crippen LogP contribution in [0.5, 0.6) is 0 Å². The molecule has 0 atom stereocenters. The van der Waals surface area contributed by atoms with Gasteiger partial charge in [0.05, 0.1) is 26.4 Å². The number of rotatable bonds is 13. The summed E-state index contributed by atoms with van der Waals surface area (Å²) in [7, 11) is 0. The molecule has 0 amide bonds. The Morgan fingerprint density at radius 2 is 1.68 bits per heavy atom. The standard InChI is InChI=1S/C18H38N4O2.HI/c1-3-5-14-23-16-17-24-15-10-21-18(19-4-2)20-9-13-22-11-7-6-8-12-22;/h3-17H2,1-2H3,(H2,19,20,21);1H. The van der Waals surface area contributed by atoms with Crippen LogP contribution in [0.15, 0.2) is 4.99 Å². The number of piperidine rings is 1. The van der Waals surface area contributed by atoms with Crippen molar-refractivity contribution in [2.24, 2.45) is 4.99 Å². The molecule has 0 aromatic rings. The second-order valence-corrected chi connectivity index (χ2v) is 6.17. The zero-order chi connectivity index (χ0) is 17.3. The van der Waals surface area contributed by atoms with E-state index in [9.17, 15) is 0 Å². The van der Waals surface area contributed by atoms with Gasteiger partial charge in [-0.25, -0.2) is 0 Å². The van der Waals surface area contributed by atoms with Crippen LogP contribution in [0.2, 0.25) is 0 Å². The van der Waals surface area contributed by atoms with E-state index in [0.29, 0.717) is 19.8 Å². The quantitative estimate of drug-likeness (QED) is 0.188. The smallest absolute Gasteiger partial charge is 0.191 e.